The fraction of sp³-hybridized carbons (Fsp3) is 0.455. The summed E-state index contributed by atoms with van der Waals surface area (Å²) in [6.07, 6.45) is 0. The average molecular weight is 216 g/mol. The van der Waals surface area contributed by atoms with Crippen LogP contribution in [0, 0.1) is 18.7 Å². The van der Waals surface area contributed by atoms with E-state index in [1.54, 1.807) is 13.0 Å². The molecule has 0 atom stereocenters. The zero-order valence-corrected chi connectivity index (χ0v) is 9.45. The second-order valence-electron chi connectivity index (χ2n) is 3.86. The van der Waals surface area contributed by atoms with Crippen molar-refractivity contribution in [2.45, 2.75) is 20.8 Å². The molecule has 1 aromatic rings. The van der Waals surface area contributed by atoms with E-state index in [-0.39, 0.29) is 5.82 Å². The van der Waals surface area contributed by atoms with E-state index < -0.39 is 0 Å². The Bertz CT molecular complexity index is 323. The van der Waals surface area contributed by atoms with Crippen LogP contribution in [-0.2, 0) is 0 Å². The van der Waals surface area contributed by atoms with Crippen LogP contribution in [-0.4, -0.2) is 6.54 Å². The van der Waals surface area contributed by atoms with Crippen molar-refractivity contribution in [1.82, 2.24) is 0 Å². The van der Waals surface area contributed by atoms with Crippen LogP contribution < -0.4 is 5.32 Å². The quantitative estimate of drug-likeness (QED) is 0.808. The van der Waals surface area contributed by atoms with Crippen molar-refractivity contribution < 1.29 is 4.39 Å². The zero-order valence-electron chi connectivity index (χ0n) is 8.70. The van der Waals surface area contributed by atoms with Crippen molar-refractivity contribution in [3.05, 3.63) is 28.5 Å². The van der Waals surface area contributed by atoms with Gasteiger partial charge in [0.15, 0.2) is 0 Å². The molecule has 0 bridgehead atoms. The molecule has 14 heavy (non-hydrogen) atoms. The molecule has 1 nitrogen and oxygen atoms in total. The first-order valence-electron chi connectivity index (χ1n) is 4.70. The molecule has 0 amide bonds. The van der Waals surface area contributed by atoms with Gasteiger partial charge >= 0.3 is 0 Å². The second-order valence-corrected chi connectivity index (χ2v) is 4.26. The van der Waals surface area contributed by atoms with Gasteiger partial charge in [0.1, 0.15) is 5.82 Å². The van der Waals surface area contributed by atoms with Crippen LogP contribution >= 0.6 is 11.6 Å². The van der Waals surface area contributed by atoms with E-state index in [2.05, 4.69) is 19.2 Å². The molecule has 0 spiro atoms. The summed E-state index contributed by atoms with van der Waals surface area (Å²) in [5, 5.41) is 3.62. The number of rotatable bonds is 3. The van der Waals surface area contributed by atoms with Crippen molar-refractivity contribution in [1.29, 1.82) is 0 Å². The van der Waals surface area contributed by atoms with E-state index in [4.69, 9.17) is 11.6 Å². The van der Waals surface area contributed by atoms with Crippen molar-refractivity contribution in [3.8, 4) is 0 Å². The van der Waals surface area contributed by atoms with Crippen LogP contribution in [0.15, 0.2) is 12.1 Å². The molecule has 0 radical (unpaired) electrons. The highest BCUT2D eigenvalue weighted by atomic mass is 35.5. The number of aryl methyl sites for hydroxylation is 1. The molecule has 0 aliphatic heterocycles. The van der Waals surface area contributed by atoms with Crippen LogP contribution in [0.2, 0.25) is 5.02 Å². The summed E-state index contributed by atoms with van der Waals surface area (Å²) in [5.41, 5.74) is 1.42. The third-order valence-corrected chi connectivity index (χ3v) is 2.26. The standard InChI is InChI=1S/C11H15ClFN/c1-7(2)6-14-11-4-8(3)10(13)5-9(11)12/h4-5,7,14H,6H2,1-3H3. The molecule has 78 valence electrons. The first kappa shape index (κ1) is 11.3. The zero-order chi connectivity index (χ0) is 10.7. The lowest BCUT2D eigenvalue weighted by Gasteiger charge is -2.11. The Morgan fingerprint density at radius 2 is 2.07 bits per heavy atom. The molecule has 1 rings (SSSR count). The third-order valence-electron chi connectivity index (χ3n) is 1.95. The summed E-state index contributed by atoms with van der Waals surface area (Å²) in [4.78, 5) is 0. The Hall–Kier alpha value is -0.760. The van der Waals surface area contributed by atoms with Gasteiger partial charge in [-0.1, -0.05) is 25.4 Å². The Morgan fingerprint density at radius 3 is 2.64 bits per heavy atom. The Morgan fingerprint density at radius 1 is 1.43 bits per heavy atom. The van der Waals surface area contributed by atoms with Crippen LogP contribution in [0.1, 0.15) is 19.4 Å². The van der Waals surface area contributed by atoms with E-state index in [0.717, 1.165) is 12.2 Å². The molecule has 0 fully saturated rings. The SMILES string of the molecule is Cc1cc(NCC(C)C)c(Cl)cc1F. The summed E-state index contributed by atoms with van der Waals surface area (Å²) in [6, 6.07) is 3.08. The average Bonchev–Trinajstić information content (AvgIpc) is 2.09. The van der Waals surface area contributed by atoms with Crippen LogP contribution in [0.3, 0.4) is 0 Å². The first-order chi connectivity index (χ1) is 6.50. The summed E-state index contributed by atoms with van der Waals surface area (Å²) >= 11 is 5.88. The molecule has 0 saturated heterocycles. The summed E-state index contributed by atoms with van der Waals surface area (Å²) in [7, 11) is 0. The van der Waals surface area contributed by atoms with E-state index in [0.29, 0.717) is 16.5 Å². The molecular formula is C11H15ClFN. The molecule has 3 heteroatoms. The minimum Gasteiger partial charge on any atom is -0.384 e. The molecule has 0 heterocycles. The van der Waals surface area contributed by atoms with Gasteiger partial charge < -0.3 is 5.32 Å². The van der Waals surface area contributed by atoms with Crippen molar-refractivity contribution in [2.24, 2.45) is 5.92 Å². The molecule has 0 unspecified atom stereocenters. The van der Waals surface area contributed by atoms with Crippen molar-refractivity contribution >= 4 is 17.3 Å². The van der Waals surface area contributed by atoms with Gasteiger partial charge in [0.05, 0.1) is 10.7 Å². The van der Waals surface area contributed by atoms with E-state index in [1.165, 1.54) is 6.07 Å². The fourth-order valence-corrected chi connectivity index (χ4v) is 1.32. The highest BCUT2D eigenvalue weighted by Crippen LogP contribution is 2.25. The summed E-state index contributed by atoms with van der Waals surface area (Å²) in [6.45, 7) is 6.78. The van der Waals surface area contributed by atoms with Crippen LogP contribution in [0.4, 0.5) is 10.1 Å². The minimum absolute atomic E-state index is 0.259. The van der Waals surface area contributed by atoms with E-state index >= 15 is 0 Å². The summed E-state index contributed by atoms with van der Waals surface area (Å²) in [5.74, 6) is 0.279. The normalized spacial score (nSPS) is 10.7. The molecule has 0 aliphatic rings. The van der Waals surface area contributed by atoms with Gasteiger partial charge in [-0.15, -0.1) is 0 Å². The predicted molar refractivity (Wildman–Crippen MR) is 59.5 cm³/mol. The fourth-order valence-electron chi connectivity index (χ4n) is 1.11. The van der Waals surface area contributed by atoms with Crippen LogP contribution in [0.5, 0.6) is 0 Å². The smallest absolute Gasteiger partial charge is 0.127 e. The molecule has 0 aliphatic carbocycles. The minimum atomic E-state index is -0.259. The Kier molecular flexibility index (Phi) is 3.76. The lowest BCUT2D eigenvalue weighted by Crippen LogP contribution is -2.08. The van der Waals surface area contributed by atoms with Gasteiger partial charge in [-0.2, -0.15) is 0 Å². The molecule has 1 N–H and O–H groups in total. The molecule has 0 saturated carbocycles. The highest BCUT2D eigenvalue weighted by Gasteiger charge is 2.05. The lowest BCUT2D eigenvalue weighted by atomic mass is 10.2. The van der Waals surface area contributed by atoms with Gasteiger partial charge in [-0.05, 0) is 30.5 Å². The van der Waals surface area contributed by atoms with E-state index in [9.17, 15) is 4.39 Å². The number of hydrogen-bond donors (Lipinski definition) is 1. The van der Waals surface area contributed by atoms with E-state index in [1.807, 2.05) is 0 Å². The number of halogens is 2. The van der Waals surface area contributed by atoms with Gasteiger partial charge in [0.25, 0.3) is 0 Å². The van der Waals surface area contributed by atoms with Gasteiger partial charge in [0.2, 0.25) is 0 Å². The van der Waals surface area contributed by atoms with Crippen LogP contribution in [0.25, 0.3) is 0 Å². The molecular weight excluding hydrogens is 201 g/mol. The topological polar surface area (TPSA) is 12.0 Å². The van der Waals surface area contributed by atoms with Crippen molar-refractivity contribution in [2.75, 3.05) is 11.9 Å². The van der Waals surface area contributed by atoms with Gasteiger partial charge in [-0.3, -0.25) is 0 Å². The maximum atomic E-state index is 13.0. The number of anilines is 1. The Balaban J connectivity index is 2.82. The number of hydrogen-bond acceptors (Lipinski definition) is 1. The maximum absolute atomic E-state index is 13.0. The second kappa shape index (κ2) is 4.65. The number of benzene rings is 1. The Labute approximate surface area is 89.3 Å². The predicted octanol–water partition coefficient (Wildman–Crippen LogP) is 3.86. The third kappa shape index (κ3) is 2.88. The first-order valence-corrected chi connectivity index (χ1v) is 5.08. The molecule has 0 aromatic heterocycles. The van der Waals surface area contributed by atoms with Crippen molar-refractivity contribution in [3.63, 3.8) is 0 Å². The maximum Gasteiger partial charge on any atom is 0.127 e. The number of nitrogens with one attached hydrogen (secondary N) is 1. The largest absolute Gasteiger partial charge is 0.384 e. The lowest BCUT2D eigenvalue weighted by molar-refractivity contribution is 0.618. The molecule has 1 aromatic carbocycles. The summed E-state index contributed by atoms with van der Waals surface area (Å²) < 4.78 is 13.0. The van der Waals surface area contributed by atoms with Gasteiger partial charge in [-0.25, -0.2) is 4.39 Å². The van der Waals surface area contributed by atoms with Gasteiger partial charge in [0, 0.05) is 6.54 Å². The highest BCUT2D eigenvalue weighted by molar-refractivity contribution is 6.33. The monoisotopic (exact) mass is 215 g/mol.